The lowest BCUT2D eigenvalue weighted by molar-refractivity contribution is 0.0696. The van der Waals surface area contributed by atoms with Crippen LogP contribution in [0.4, 0.5) is 0 Å². The Morgan fingerprint density at radius 2 is 2.40 bits per heavy atom. The number of hydrogen-bond donors (Lipinski definition) is 2. The number of carboxylic acids is 1. The molecule has 0 aliphatic carbocycles. The van der Waals surface area contributed by atoms with Gasteiger partial charge < -0.3 is 10.1 Å². The number of aromatic nitrogens is 1. The molecule has 0 aromatic carbocycles. The number of hydrogen-bond acceptors (Lipinski definition) is 1. The largest absolute Gasteiger partial charge is 0.478 e. The fourth-order valence-corrected chi connectivity index (χ4v) is 1.02. The Kier molecular flexibility index (Phi) is 1.80. The summed E-state index contributed by atoms with van der Waals surface area (Å²) in [5, 5.41) is 8.54. The van der Waals surface area contributed by atoms with E-state index in [0.717, 1.165) is 10.2 Å². The molecule has 1 aromatic heterocycles. The van der Waals surface area contributed by atoms with E-state index in [1.165, 1.54) is 6.20 Å². The van der Waals surface area contributed by atoms with Crippen LogP contribution in [-0.2, 0) is 0 Å². The van der Waals surface area contributed by atoms with Gasteiger partial charge >= 0.3 is 5.97 Å². The molecule has 4 heteroatoms. The first-order chi connectivity index (χ1) is 4.63. The van der Waals surface area contributed by atoms with Gasteiger partial charge in [-0.1, -0.05) is 0 Å². The quantitative estimate of drug-likeness (QED) is 0.732. The molecule has 0 amide bonds. The maximum Gasteiger partial charge on any atom is 0.337 e. The smallest absolute Gasteiger partial charge is 0.337 e. The number of rotatable bonds is 1. The van der Waals surface area contributed by atoms with Gasteiger partial charge in [0.2, 0.25) is 0 Å². The number of carboxylic acid groups (broad SMARTS) is 1. The van der Waals surface area contributed by atoms with Crippen molar-refractivity contribution < 1.29 is 9.90 Å². The Bertz CT molecular complexity index is 267. The first-order valence-electron chi connectivity index (χ1n) is 2.69. The van der Waals surface area contributed by atoms with Gasteiger partial charge in [-0.25, -0.2) is 4.79 Å². The fraction of sp³-hybridized carbons (Fsp3) is 0.167. The average Bonchev–Trinajstić information content (AvgIpc) is 2.14. The number of carbonyl (C=O) groups is 1. The first kappa shape index (κ1) is 7.34. The van der Waals surface area contributed by atoms with E-state index in [1.54, 1.807) is 6.92 Å². The molecule has 0 radical (unpaired) electrons. The molecular formula is C6H6BrNO2. The van der Waals surface area contributed by atoms with Crippen molar-refractivity contribution in [2.45, 2.75) is 6.92 Å². The second-order valence-corrected chi connectivity index (χ2v) is 2.74. The minimum Gasteiger partial charge on any atom is -0.478 e. The SMILES string of the molecule is Cc1c(C(=O)O)c[nH]c1Br. The van der Waals surface area contributed by atoms with Crippen molar-refractivity contribution in [3.05, 3.63) is 21.9 Å². The summed E-state index contributed by atoms with van der Waals surface area (Å²) in [7, 11) is 0. The van der Waals surface area contributed by atoms with Crippen LogP contribution in [0.15, 0.2) is 10.8 Å². The van der Waals surface area contributed by atoms with Crippen LogP contribution in [0, 0.1) is 6.92 Å². The van der Waals surface area contributed by atoms with E-state index in [9.17, 15) is 4.79 Å². The monoisotopic (exact) mass is 203 g/mol. The molecule has 10 heavy (non-hydrogen) atoms. The van der Waals surface area contributed by atoms with Crippen molar-refractivity contribution in [1.82, 2.24) is 4.98 Å². The summed E-state index contributed by atoms with van der Waals surface area (Å²) in [5.74, 6) is -0.903. The summed E-state index contributed by atoms with van der Waals surface area (Å²) in [6, 6.07) is 0. The van der Waals surface area contributed by atoms with E-state index >= 15 is 0 Å². The van der Waals surface area contributed by atoms with Crippen LogP contribution in [0.2, 0.25) is 0 Å². The maximum absolute atomic E-state index is 10.4. The summed E-state index contributed by atoms with van der Waals surface area (Å²) in [5.41, 5.74) is 1.04. The molecule has 1 aromatic rings. The van der Waals surface area contributed by atoms with Gasteiger partial charge in [0.25, 0.3) is 0 Å². The molecule has 1 rings (SSSR count). The van der Waals surface area contributed by atoms with Crippen LogP contribution in [0.5, 0.6) is 0 Å². The zero-order chi connectivity index (χ0) is 7.72. The Morgan fingerprint density at radius 3 is 2.60 bits per heavy atom. The molecule has 3 nitrogen and oxygen atoms in total. The van der Waals surface area contributed by atoms with Gasteiger partial charge in [-0.2, -0.15) is 0 Å². The lowest BCUT2D eigenvalue weighted by atomic mass is 10.2. The minimum atomic E-state index is -0.903. The molecule has 2 N–H and O–H groups in total. The molecular weight excluding hydrogens is 198 g/mol. The average molecular weight is 204 g/mol. The van der Waals surface area contributed by atoms with E-state index in [4.69, 9.17) is 5.11 Å². The highest BCUT2D eigenvalue weighted by Gasteiger charge is 2.09. The Hall–Kier alpha value is -0.770. The van der Waals surface area contributed by atoms with Crippen LogP contribution in [-0.4, -0.2) is 16.1 Å². The summed E-state index contributed by atoms with van der Waals surface area (Å²) >= 11 is 3.17. The van der Waals surface area contributed by atoms with Crippen LogP contribution >= 0.6 is 15.9 Å². The highest BCUT2D eigenvalue weighted by atomic mass is 79.9. The summed E-state index contributed by atoms with van der Waals surface area (Å²) in [6.45, 7) is 1.74. The zero-order valence-electron chi connectivity index (χ0n) is 5.31. The highest BCUT2D eigenvalue weighted by Crippen LogP contribution is 2.17. The third-order valence-corrected chi connectivity index (χ3v) is 2.13. The second-order valence-electron chi connectivity index (χ2n) is 1.95. The second kappa shape index (κ2) is 2.46. The molecule has 54 valence electrons. The highest BCUT2D eigenvalue weighted by molar-refractivity contribution is 9.10. The van der Waals surface area contributed by atoms with Crippen LogP contribution in [0.1, 0.15) is 15.9 Å². The number of nitrogens with one attached hydrogen (secondary N) is 1. The molecule has 1 heterocycles. The number of aromatic amines is 1. The van der Waals surface area contributed by atoms with Crippen molar-refractivity contribution in [2.24, 2.45) is 0 Å². The van der Waals surface area contributed by atoms with Gasteiger partial charge in [0, 0.05) is 6.20 Å². The maximum atomic E-state index is 10.4. The van der Waals surface area contributed by atoms with E-state index in [1.807, 2.05) is 0 Å². The molecule has 0 saturated heterocycles. The molecule has 0 atom stereocenters. The van der Waals surface area contributed by atoms with Gasteiger partial charge in [0.05, 0.1) is 10.2 Å². The van der Waals surface area contributed by atoms with Crippen molar-refractivity contribution in [3.8, 4) is 0 Å². The molecule has 0 fully saturated rings. The lowest BCUT2D eigenvalue weighted by Crippen LogP contribution is -1.95. The third-order valence-electron chi connectivity index (χ3n) is 1.31. The van der Waals surface area contributed by atoms with Crippen molar-refractivity contribution in [2.75, 3.05) is 0 Å². The summed E-state index contributed by atoms with van der Waals surface area (Å²) < 4.78 is 0.727. The van der Waals surface area contributed by atoms with Gasteiger partial charge in [0.1, 0.15) is 0 Å². The van der Waals surface area contributed by atoms with Gasteiger partial charge in [-0.3, -0.25) is 0 Å². The van der Waals surface area contributed by atoms with Crippen molar-refractivity contribution in [3.63, 3.8) is 0 Å². The topological polar surface area (TPSA) is 53.1 Å². The summed E-state index contributed by atoms with van der Waals surface area (Å²) in [4.78, 5) is 13.1. The summed E-state index contributed by atoms with van der Waals surface area (Å²) in [6.07, 6.45) is 1.46. The van der Waals surface area contributed by atoms with E-state index in [2.05, 4.69) is 20.9 Å². The molecule has 0 unspecified atom stereocenters. The predicted molar refractivity (Wildman–Crippen MR) is 40.2 cm³/mol. The number of halogens is 1. The Labute approximate surface area is 66.2 Å². The van der Waals surface area contributed by atoms with Crippen molar-refractivity contribution in [1.29, 1.82) is 0 Å². The molecule has 0 bridgehead atoms. The van der Waals surface area contributed by atoms with Gasteiger partial charge in [-0.05, 0) is 28.4 Å². The Balaban J connectivity index is 3.17. The molecule has 0 aliphatic rings. The van der Waals surface area contributed by atoms with E-state index in [0.29, 0.717) is 5.56 Å². The van der Waals surface area contributed by atoms with Crippen LogP contribution < -0.4 is 0 Å². The standard InChI is InChI=1S/C6H6BrNO2/c1-3-4(6(9)10)2-8-5(3)7/h2,8H,1H3,(H,9,10). The van der Waals surface area contributed by atoms with Crippen LogP contribution in [0.3, 0.4) is 0 Å². The third kappa shape index (κ3) is 1.07. The molecule has 0 spiro atoms. The Morgan fingerprint density at radius 1 is 1.80 bits per heavy atom. The van der Waals surface area contributed by atoms with E-state index in [-0.39, 0.29) is 0 Å². The molecule has 0 saturated carbocycles. The van der Waals surface area contributed by atoms with Crippen LogP contribution in [0.25, 0.3) is 0 Å². The lowest BCUT2D eigenvalue weighted by Gasteiger charge is -1.88. The number of aromatic carboxylic acids is 1. The zero-order valence-corrected chi connectivity index (χ0v) is 6.90. The van der Waals surface area contributed by atoms with Crippen molar-refractivity contribution >= 4 is 21.9 Å². The van der Waals surface area contributed by atoms with Gasteiger partial charge in [-0.15, -0.1) is 0 Å². The fourth-order valence-electron chi connectivity index (χ4n) is 0.692. The minimum absolute atomic E-state index is 0.312. The number of H-pyrrole nitrogens is 1. The predicted octanol–water partition coefficient (Wildman–Crippen LogP) is 1.78. The van der Waals surface area contributed by atoms with E-state index < -0.39 is 5.97 Å². The molecule has 0 aliphatic heterocycles. The first-order valence-corrected chi connectivity index (χ1v) is 3.49. The van der Waals surface area contributed by atoms with Gasteiger partial charge in [0.15, 0.2) is 0 Å². The normalized spacial score (nSPS) is 9.80.